The molecule has 4 rings (SSSR count). The van der Waals surface area contributed by atoms with Gasteiger partial charge in [-0.1, -0.05) is 91.0 Å². The topological polar surface area (TPSA) is 54.0 Å². The molecule has 1 heterocycles. The summed E-state index contributed by atoms with van der Waals surface area (Å²) in [5.41, 5.74) is 9.12. The molecular formula is C25H21N3O. The van der Waals surface area contributed by atoms with Gasteiger partial charge in [0.1, 0.15) is 5.54 Å². The van der Waals surface area contributed by atoms with Crippen molar-refractivity contribution in [3.8, 4) is 0 Å². The molecule has 4 aromatic rings. The molecule has 0 aliphatic carbocycles. The van der Waals surface area contributed by atoms with Gasteiger partial charge in [-0.25, -0.2) is 5.43 Å². The summed E-state index contributed by atoms with van der Waals surface area (Å²) in [6, 6.07) is 33.7. The summed E-state index contributed by atoms with van der Waals surface area (Å²) in [4.78, 5) is 16.8. The monoisotopic (exact) mass is 379 g/mol. The van der Waals surface area contributed by atoms with E-state index in [-0.39, 0.29) is 5.91 Å². The molecule has 29 heavy (non-hydrogen) atoms. The van der Waals surface area contributed by atoms with Crippen molar-refractivity contribution in [1.29, 1.82) is 0 Å². The summed E-state index contributed by atoms with van der Waals surface area (Å²) in [7, 11) is 0. The highest BCUT2D eigenvalue weighted by Crippen LogP contribution is 2.36. The first-order valence-electron chi connectivity index (χ1n) is 9.45. The van der Waals surface area contributed by atoms with Crippen LogP contribution in [-0.4, -0.2) is 10.9 Å². The van der Waals surface area contributed by atoms with Crippen LogP contribution in [0.15, 0.2) is 116 Å². The lowest BCUT2D eigenvalue weighted by Crippen LogP contribution is -2.53. The Labute approximate surface area is 170 Å². The van der Waals surface area contributed by atoms with Crippen LogP contribution in [-0.2, 0) is 5.54 Å². The fraction of sp³-hybridized carbons (Fsp3) is 0.0400. The van der Waals surface area contributed by atoms with Crippen LogP contribution in [0.3, 0.4) is 0 Å². The van der Waals surface area contributed by atoms with Gasteiger partial charge in [0, 0.05) is 18.0 Å². The molecule has 0 radical (unpaired) electrons. The Morgan fingerprint density at radius 3 is 1.45 bits per heavy atom. The minimum Gasteiger partial charge on any atom is -0.286 e. The SMILES string of the molecule is O=C(NNC(c1ccccc1)(c1ccccc1)c1ccccc1)c1ccncc1. The molecule has 0 unspecified atom stereocenters. The summed E-state index contributed by atoms with van der Waals surface area (Å²) in [6.07, 6.45) is 3.21. The second kappa shape index (κ2) is 8.50. The summed E-state index contributed by atoms with van der Waals surface area (Å²) < 4.78 is 0. The van der Waals surface area contributed by atoms with Gasteiger partial charge in [-0.2, -0.15) is 0 Å². The third kappa shape index (κ3) is 3.79. The maximum atomic E-state index is 12.8. The lowest BCUT2D eigenvalue weighted by Gasteiger charge is -2.37. The number of nitrogens with one attached hydrogen (secondary N) is 2. The van der Waals surface area contributed by atoms with Crippen LogP contribution >= 0.6 is 0 Å². The smallest absolute Gasteiger partial charge is 0.265 e. The summed E-state index contributed by atoms with van der Waals surface area (Å²) in [5.74, 6) is -0.223. The highest BCUT2D eigenvalue weighted by Gasteiger charge is 2.36. The number of rotatable bonds is 6. The molecule has 4 nitrogen and oxygen atoms in total. The van der Waals surface area contributed by atoms with E-state index in [9.17, 15) is 4.79 Å². The first-order chi connectivity index (χ1) is 14.3. The van der Waals surface area contributed by atoms with Crippen molar-refractivity contribution in [1.82, 2.24) is 15.8 Å². The van der Waals surface area contributed by atoms with E-state index in [0.717, 1.165) is 16.7 Å². The van der Waals surface area contributed by atoms with Gasteiger partial charge in [-0.15, -0.1) is 0 Å². The zero-order valence-corrected chi connectivity index (χ0v) is 15.8. The van der Waals surface area contributed by atoms with Crippen LogP contribution in [0.2, 0.25) is 0 Å². The minimum absolute atomic E-state index is 0.223. The second-order valence-electron chi connectivity index (χ2n) is 6.66. The molecule has 0 aliphatic heterocycles. The van der Waals surface area contributed by atoms with Crippen molar-refractivity contribution in [2.24, 2.45) is 0 Å². The number of aromatic nitrogens is 1. The molecular weight excluding hydrogens is 358 g/mol. The van der Waals surface area contributed by atoms with Crippen LogP contribution in [0.4, 0.5) is 0 Å². The highest BCUT2D eigenvalue weighted by molar-refractivity contribution is 5.93. The van der Waals surface area contributed by atoms with E-state index in [1.54, 1.807) is 24.5 Å². The largest absolute Gasteiger partial charge is 0.286 e. The first-order valence-corrected chi connectivity index (χ1v) is 9.45. The molecule has 4 heteroatoms. The van der Waals surface area contributed by atoms with Crippen LogP contribution in [0.1, 0.15) is 27.0 Å². The Balaban J connectivity index is 1.83. The van der Waals surface area contributed by atoms with Gasteiger partial charge in [0.25, 0.3) is 5.91 Å². The van der Waals surface area contributed by atoms with Gasteiger partial charge < -0.3 is 0 Å². The Kier molecular flexibility index (Phi) is 5.45. The second-order valence-corrected chi connectivity index (χ2v) is 6.66. The molecule has 3 aromatic carbocycles. The number of nitrogens with zero attached hydrogens (tertiary/aromatic N) is 1. The zero-order valence-electron chi connectivity index (χ0n) is 15.8. The average Bonchev–Trinajstić information content (AvgIpc) is 2.82. The van der Waals surface area contributed by atoms with Crippen LogP contribution < -0.4 is 10.9 Å². The molecule has 1 aromatic heterocycles. The van der Waals surface area contributed by atoms with Crippen molar-refractivity contribution in [2.45, 2.75) is 5.54 Å². The van der Waals surface area contributed by atoms with E-state index in [0.29, 0.717) is 5.56 Å². The lowest BCUT2D eigenvalue weighted by molar-refractivity contribution is 0.0918. The van der Waals surface area contributed by atoms with Gasteiger partial charge in [0.15, 0.2) is 0 Å². The van der Waals surface area contributed by atoms with Crippen molar-refractivity contribution >= 4 is 5.91 Å². The standard InChI is InChI=1S/C25H21N3O/c29-24(20-16-18-26-19-17-20)27-28-25(21-10-4-1-5-11-21,22-12-6-2-7-13-22)23-14-8-3-9-15-23/h1-19,28H,(H,27,29). The van der Waals surface area contributed by atoms with E-state index in [1.165, 1.54) is 0 Å². The van der Waals surface area contributed by atoms with E-state index in [4.69, 9.17) is 0 Å². The summed E-state index contributed by atoms with van der Waals surface area (Å²) in [6.45, 7) is 0. The number of pyridine rings is 1. The molecule has 0 aliphatic rings. The number of hydrogen-bond acceptors (Lipinski definition) is 3. The maximum Gasteiger partial charge on any atom is 0.265 e. The molecule has 1 amide bonds. The van der Waals surface area contributed by atoms with Gasteiger partial charge in [-0.05, 0) is 28.8 Å². The van der Waals surface area contributed by atoms with E-state index < -0.39 is 5.54 Å². The Bertz CT molecular complexity index is 956. The van der Waals surface area contributed by atoms with E-state index in [1.807, 2.05) is 54.6 Å². The Hall–Kier alpha value is -3.76. The third-order valence-corrected chi connectivity index (χ3v) is 4.93. The van der Waals surface area contributed by atoms with Gasteiger partial charge >= 0.3 is 0 Å². The quantitative estimate of drug-likeness (QED) is 0.388. The predicted molar refractivity (Wildman–Crippen MR) is 114 cm³/mol. The number of carbonyl (C=O) groups excluding carboxylic acids is 1. The van der Waals surface area contributed by atoms with E-state index in [2.05, 4.69) is 52.2 Å². The predicted octanol–water partition coefficient (Wildman–Crippen LogP) is 4.31. The average molecular weight is 379 g/mol. The van der Waals surface area contributed by atoms with Gasteiger partial charge in [0.05, 0.1) is 0 Å². The molecule has 0 fully saturated rings. The minimum atomic E-state index is -0.757. The molecule has 0 spiro atoms. The lowest BCUT2D eigenvalue weighted by atomic mass is 9.77. The maximum absolute atomic E-state index is 12.8. The van der Waals surface area contributed by atoms with Crippen molar-refractivity contribution in [2.75, 3.05) is 0 Å². The van der Waals surface area contributed by atoms with Gasteiger partial charge in [-0.3, -0.25) is 15.2 Å². The fourth-order valence-corrected chi connectivity index (χ4v) is 3.51. The number of hydrazine groups is 1. The van der Waals surface area contributed by atoms with Crippen molar-refractivity contribution in [3.63, 3.8) is 0 Å². The van der Waals surface area contributed by atoms with Crippen LogP contribution in [0.25, 0.3) is 0 Å². The molecule has 0 saturated carbocycles. The number of benzene rings is 3. The zero-order chi connectivity index (χ0) is 19.9. The highest BCUT2D eigenvalue weighted by atomic mass is 16.2. The fourth-order valence-electron chi connectivity index (χ4n) is 3.51. The first kappa shape index (κ1) is 18.6. The Morgan fingerprint density at radius 2 is 1.03 bits per heavy atom. The van der Waals surface area contributed by atoms with Crippen molar-refractivity contribution < 1.29 is 4.79 Å². The number of carbonyl (C=O) groups is 1. The summed E-state index contributed by atoms with van der Waals surface area (Å²) >= 11 is 0. The number of hydrogen-bond donors (Lipinski definition) is 2. The molecule has 0 atom stereocenters. The van der Waals surface area contributed by atoms with Gasteiger partial charge in [0.2, 0.25) is 0 Å². The van der Waals surface area contributed by atoms with E-state index >= 15 is 0 Å². The van der Waals surface area contributed by atoms with Crippen LogP contribution in [0.5, 0.6) is 0 Å². The van der Waals surface area contributed by atoms with Crippen molar-refractivity contribution in [3.05, 3.63) is 138 Å². The van der Waals surface area contributed by atoms with Crippen LogP contribution in [0, 0.1) is 0 Å². The molecule has 142 valence electrons. The Morgan fingerprint density at radius 1 is 0.621 bits per heavy atom. The molecule has 2 N–H and O–H groups in total. The normalized spacial score (nSPS) is 11.0. The third-order valence-electron chi connectivity index (χ3n) is 4.93. The molecule has 0 saturated heterocycles. The molecule has 0 bridgehead atoms. The number of amides is 1. The summed E-state index contributed by atoms with van der Waals surface area (Å²) in [5, 5.41) is 0.